The largest absolute Gasteiger partial charge is 0.377 e. The minimum atomic E-state index is -0.299. The maximum absolute atomic E-state index is 11.3. The molecule has 31 heavy (non-hydrogen) atoms. The van der Waals surface area contributed by atoms with Crippen molar-refractivity contribution in [2.24, 2.45) is 0 Å². The van der Waals surface area contributed by atoms with E-state index < -0.39 is 0 Å². The normalized spacial score (nSPS) is 13.8. The van der Waals surface area contributed by atoms with Gasteiger partial charge in [-0.1, -0.05) is 0 Å². The molecule has 10 nitrogen and oxygen atoms in total. The lowest BCUT2D eigenvalue weighted by molar-refractivity contribution is -0.137. The molecule has 1 heterocycles. The van der Waals surface area contributed by atoms with Gasteiger partial charge >= 0.3 is 0 Å². The highest BCUT2D eigenvalue weighted by Gasteiger charge is 2.22. The molecule has 0 saturated carbocycles. The van der Waals surface area contributed by atoms with Gasteiger partial charge in [0.25, 0.3) is 11.8 Å². The molecule has 0 aromatic heterocycles. The molecule has 0 aromatic rings. The van der Waals surface area contributed by atoms with E-state index in [-0.39, 0.29) is 24.5 Å². The standard InChI is InChI=1S/C21H37NO9/c1-19(2)31-18-17-30-16-15-29-14-13-28-12-11-27-10-9-26-8-7-25-6-5-22-20(23)3-4-21(22)24/h3-4,19H,5-18H2,1-2H3. The second kappa shape index (κ2) is 19.3. The maximum Gasteiger partial charge on any atom is 0.253 e. The van der Waals surface area contributed by atoms with Gasteiger partial charge in [-0.05, 0) is 13.8 Å². The molecule has 0 aliphatic carbocycles. The first-order chi connectivity index (χ1) is 15.1. The molecule has 2 amide bonds. The van der Waals surface area contributed by atoms with E-state index in [9.17, 15) is 9.59 Å². The van der Waals surface area contributed by atoms with E-state index in [1.165, 1.54) is 12.2 Å². The Labute approximate surface area is 184 Å². The van der Waals surface area contributed by atoms with E-state index in [0.717, 1.165) is 4.90 Å². The summed E-state index contributed by atoms with van der Waals surface area (Å²) >= 11 is 0. The van der Waals surface area contributed by atoms with Crippen LogP contribution in [0.1, 0.15) is 13.8 Å². The molecule has 0 unspecified atom stereocenters. The van der Waals surface area contributed by atoms with Gasteiger partial charge < -0.3 is 33.2 Å². The molecular weight excluding hydrogens is 410 g/mol. The third-order valence-electron chi connectivity index (χ3n) is 3.90. The van der Waals surface area contributed by atoms with Gasteiger partial charge in [0.2, 0.25) is 0 Å². The van der Waals surface area contributed by atoms with Crippen LogP contribution in [0.2, 0.25) is 0 Å². The molecule has 10 heteroatoms. The Morgan fingerprint density at radius 3 is 1.26 bits per heavy atom. The van der Waals surface area contributed by atoms with Gasteiger partial charge in [0.15, 0.2) is 0 Å². The van der Waals surface area contributed by atoms with E-state index in [2.05, 4.69) is 0 Å². The van der Waals surface area contributed by atoms with Crippen LogP contribution in [0.4, 0.5) is 0 Å². The fourth-order valence-electron chi connectivity index (χ4n) is 2.35. The van der Waals surface area contributed by atoms with Gasteiger partial charge in [-0.25, -0.2) is 0 Å². The third kappa shape index (κ3) is 16.0. The highest BCUT2D eigenvalue weighted by atomic mass is 16.6. The molecule has 0 N–H and O–H groups in total. The SMILES string of the molecule is CC(C)OCCOCCOCCOCCOCCOCCOCCN1C(=O)C=CC1=O. The summed E-state index contributed by atoms with van der Waals surface area (Å²) in [7, 11) is 0. The maximum atomic E-state index is 11.3. The molecular formula is C21H37NO9. The lowest BCUT2D eigenvalue weighted by Gasteiger charge is -2.13. The van der Waals surface area contributed by atoms with Crippen LogP contribution in [0.25, 0.3) is 0 Å². The number of carbonyl (C=O) groups is 2. The molecule has 0 saturated heterocycles. The summed E-state index contributed by atoms with van der Waals surface area (Å²) in [4.78, 5) is 23.8. The second-order valence-corrected chi connectivity index (χ2v) is 6.76. The topological polar surface area (TPSA) is 102 Å². The van der Waals surface area contributed by atoms with Gasteiger partial charge in [-0.2, -0.15) is 0 Å². The first kappa shape index (κ1) is 27.6. The quantitative estimate of drug-likeness (QED) is 0.173. The number of imide groups is 1. The Hall–Kier alpha value is -1.40. The Bertz CT molecular complexity index is 481. The molecule has 0 bridgehead atoms. The number of carbonyl (C=O) groups excluding carboxylic acids is 2. The number of ether oxygens (including phenoxy) is 7. The molecule has 0 radical (unpaired) electrons. The fraction of sp³-hybridized carbons (Fsp3) is 0.810. The summed E-state index contributed by atoms with van der Waals surface area (Å²) in [5.41, 5.74) is 0. The van der Waals surface area contributed by atoms with Crippen LogP contribution < -0.4 is 0 Å². The van der Waals surface area contributed by atoms with Crippen molar-refractivity contribution in [3.05, 3.63) is 12.2 Å². The van der Waals surface area contributed by atoms with Gasteiger partial charge in [0.1, 0.15) is 0 Å². The van der Waals surface area contributed by atoms with Gasteiger partial charge in [-0.3, -0.25) is 14.5 Å². The Morgan fingerprint density at radius 1 is 0.581 bits per heavy atom. The van der Waals surface area contributed by atoms with Crippen LogP contribution >= 0.6 is 0 Å². The lowest BCUT2D eigenvalue weighted by atomic mass is 10.5. The highest BCUT2D eigenvalue weighted by molar-refractivity contribution is 6.12. The number of nitrogens with zero attached hydrogens (tertiary/aromatic N) is 1. The van der Waals surface area contributed by atoms with Crippen molar-refractivity contribution in [2.45, 2.75) is 20.0 Å². The van der Waals surface area contributed by atoms with Crippen LogP contribution in [0, 0.1) is 0 Å². The van der Waals surface area contributed by atoms with Crippen LogP contribution in [0.15, 0.2) is 12.2 Å². The minimum Gasteiger partial charge on any atom is -0.377 e. The summed E-state index contributed by atoms with van der Waals surface area (Å²) in [6, 6.07) is 0. The summed E-state index contributed by atoms with van der Waals surface area (Å²) < 4.78 is 37.7. The summed E-state index contributed by atoms with van der Waals surface area (Å²) in [5.74, 6) is -0.598. The average molecular weight is 448 g/mol. The zero-order chi connectivity index (χ0) is 22.6. The van der Waals surface area contributed by atoms with Crippen molar-refractivity contribution in [1.29, 1.82) is 0 Å². The van der Waals surface area contributed by atoms with Gasteiger partial charge in [0, 0.05) is 12.2 Å². The van der Waals surface area contributed by atoms with E-state index in [0.29, 0.717) is 85.9 Å². The van der Waals surface area contributed by atoms with Crippen molar-refractivity contribution in [3.8, 4) is 0 Å². The average Bonchev–Trinajstić information content (AvgIpc) is 3.06. The van der Waals surface area contributed by atoms with Crippen LogP contribution in [0.3, 0.4) is 0 Å². The summed E-state index contributed by atoms with van der Waals surface area (Å²) in [6.07, 6.45) is 2.74. The minimum absolute atomic E-state index is 0.227. The van der Waals surface area contributed by atoms with Crippen LogP contribution in [0.5, 0.6) is 0 Å². The first-order valence-electron chi connectivity index (χ1n) is 10.7. The van der Waals surface area contributed by atoms with Crippen LogP contribution in [-0.2, 0) is 42.7 Å². The second-order valence-electron chi connectivity index (χ2n) is 6.76. The van der Waals surface area contributed by atoms with Crippen molar-refractivity contribution in [2.75, 3.05) is 92.4 Å². The molecule has 0 fully saturated rings. The first-order valence-corrected chi connectivity index (χ1v) is 10.7. The van der Waals surface area contributed by atoms with Crippen LogP contribution in [-0.4, -0.2) is 115 Å². The smallest absolute Gasteiger partial charge is 0.253 e. The molecule has 1 rings (SSSR count). The zero-order valence-electron chi connectivity index (χ0n) is 18.8. The predicted molar refractivity (Wildman–Crippen MR) is 112 cm³/mol. The van der Waals surface area contributed by atoms with Crippen molar-refractivity contribution in [1.82, 2.24) is 4.90 Å². The molecule has 0 atom stereocenters. The lowest BCUT2D eigenvalue weighted by Crippen LogP contribution is -2.33. The number of hydrogen-bond donors (Lipinski definition) is 0. The fourth-order valence-corrected chi connectivity index (χ4v) is 2.35. The van der Waals surface area contributed by atoms with Gasteiger partial charge in [0.05, 0.1) is 98.5 Å². The summed E-state index contributed by atoms with van der Waals surface area (Å²) in [5, 5.41) is 0. The molecule has 1 aliphatic heterocycles. The summed E-state index contributed by atoms with van der Waals surface area (Å²) in [6.45, 7) is 10.6. The predicted octanol–water partition coefficient (Wildman–Crippen LogP) is 0.436. The number of rotatable bonds is 22. The molecule has 0 spiro atoms. The highest BCUT2D eigenvalue weighted by Crippen LogP contribution is 2.02. The molecule has 1 aliphatic rings. The number of amides is 2. The monoisotopic (exact) mass is 447 g/mol. The van der Waals surface area contributed by atoms with E-state index in [4.69, 9.17) is 33.2 Å². The van der Waals surface area contributed by atoms with Gasteiger partial charge in [-0.15, -0.1) is 0 Å². The zero-order valence-corrected chi connectivity index (χ0v) is 18.8. The molecule has 180 valence electrons. The van der Waals surface area contributed by atoms with E-state index >= 15 is 0 Å². The Balaban J connectivity index is 1.68. The van der Waals surface area contributed by atoms with Crippen molar-refractivity contribution >= 4 is 11.8 Å². The van der Waals surface area contributed by atoms with Crippen molar-refractivity contribution in [3.63, 3.8) is 0 Å². The Morgan fingerprint density at radius 2 is 0.903 bits per heavy atom. The van der Waals surface area contributed by atoms with Crippen molar-refractivity contribution < 1.29 is 42.7 Å². The molecule has 0 aromatic carbocycles. The number of hydrogen-bond acceptors (Lipinski definition) is 9. The third-order valence-corrected chi connectivity index (χ3v) is 3.90. The van der Waals surface area contributed by atoms with E-state index in [1.807, 2.05) is 13.8 Å². The van der Waals surface area contributed by atoms with E-state index in [1.54, 1.807) is 0 Å². The Kier molecular flexibility index (Phi) is 17.2.